The second kappa shape index (κ2) is 8.27. The molecule has 0 atom stereocenters. The number of halogens is 3. The Kier molecular flexibility index (Phi) is 5.92. The summed E-state index contributed by atoms with van der Waals surface area (Å²) in [6.45, 7) is 1.12. The Balaban J connectivity index is 0.00000256. The molecule has 0 aromatic heterocycles. The van der Waals surface area contributed by atoms with E-state index in [2.05, 4.69) is 5.32 Å². The third-order valence-electron chi connectivity index (χ3n) is 4.78. The molecule has 5 N–H and O–H groups in total. The van der Waals surface area contributed by atoms with Gasteiger partial charge in [-0.05, 0) is 36.4 Å². The van der Waals surface area contributed by atoms with E-state index in [1.807, 2.05) is 35.4 Å². The minimum absolute atomic E-state index is 0. The zero-order chi connectivity index (χ0) is 20.6. The second-order valence-electron chi connectivity index (χ2n) is 6.60. The van der Waals surface area contributed by atoms with Crippen LogP contribution in [0.25, 0.3) is 5.70 Å². The third kappa shape index (κ3) is 3.80. The van der Waals surface area contributed by atoms with Gasteiger partial charge in [0.2, 0.25) is 0 Å². The predicted molar refractivity (Wildman–Crippen MR) is 104 cm³/mol. The lowest BCUT2D eigenvalue weighted by atomic mass is 10.0. The molecule has 10 heteroatoms. The summed E-state index contributed by atoms with van der Waals surface area (Å²) in [6, 6.07) is 12.4. The summed E-state index contributed by atoms with van der Waals surface area (Å²) in [4.78, 5) is 0. The molecule has 2 aliphatic rings. The summed E-state index contributed by atoms with van der Waals surface area (Å²) in [5.41, 5.74) is 4.52. The number of para-hydroxylation sites is 1. The zero-order valence-electron chi connectivity index (χ0n) is 16.0. The van der Waals surface area contributed by atoms with Crippen molar-refractivity contribution in [3.63, 3.8) is 0 Å². The number of aliphatic hydroxyl groups excluding tert-OH is 1. The number of quaternary nitrogens is 1. The first-order valence-electron chi connectivity index (χ1n) is 8.98. The Bertz CT molecular complexity index is 974. The maximum Gasteiger partial charge on any atom is 0.416 e. The monoisotopic (exact) mass is 422 g/mol. The van der Waals surface area contributed by atoms with E-state index in [1.54, 1.807) is 12.6 Å². The Morgan fingerprint density at radius 3 is 2.43 bits per heavy atom. The second-order valence-corrected chi connectivity index (χ2v) is 6.60. The van der Waals surface area contributed by atoms with Crippen LogP contribution < -0.4 is 20.9 Å². The fourth-order valence-corrected chi connectivity index (χ4v) is 3.35. The number of methoxy groups -OCH3 is 1. The van der Waals surface area contributed by atoms with E-state index in [0.717, 1.165) is 29.1 Å². The Morgan fingerprint density at radius 1 is 1.07 bits per heavy atom. The van der Waals surface area contributed by atoms with Crippen molar-refractivity contribution in [1.82, 2.24) is 5.32 Å². The minimum Gasteiger partial charge on any atom is -0.870 e. The number of nitrogens with two attached hydrogens (primary N) is 1. The number of hydrogen-bond donors (Lipinski definition) is 3. The molecule has 0 amide bonds. The van der Waals surface area contributed by atoms with Crippen LogP contribution in [0.15, 0.2) is 66.2 Å². The van der Waals surface area contributed by atoms with Crippen molar-refractivity contribution in [2.24, 2.45) is 0 Å². The average Bonchev–Trinajstić information content (AvgIpc) is 3.04. The highest BCUT2D eigenvalue weighted by molar-refractivity contribution is 5.83. The normalized spacial score (nSPS) is 15.4. The van der Waals surface area contributed by atoms with E-state index in [0.29, 0.717) is 24.5 Å². The van der Waals surface area contributed by atoms with Gasteiger partial charge in [0.1, 0.15) is 11.4 Å². The lowest BCUT2D eigenvalue weighted by Crippen LogP contribution is -2.99. The molecule has 160 valence electrons. The van der Waals surface area contributed by atoms with Gasteiger partial charge in [-0.3, -0.25) is 0 Å². The summed E-state index contributed by atoms with van der Waals surface area (Å²) in [6.07, 6.45) is -2.59. The van der Waals surface area contributed by atoms with Gasteiger partial charge in [0, 0.05) is 24.9 Å². The van der Waals surface area contributed by atoms with Crippen molar-refractivity contribution in [2.75, 3.05) is 30.3 Å². The fourth-order valence-electron chi connectivity index (χ4n) is 3.35. The van der Waals surface area contributed by atoms with Crippen molar-refractivity contribution in [3.05, 3.63) is 77.3 Å². The Labute approximate surface area is 170 Å². The molecule has 4 rings (SSSR count). The SMILES string of the molecule is COCCNC1=CC2=C(O)N(c3ccc(C(F)(F)F)cc3)[NH2+]N2c2ccccc21.[OH-]. The largest absolute Gasteiger partial charge is 0.870 e. The van der Waals surface area contributed by atoms with Crippen LogP contribution in [0.2, 0.25) is 0 Å². The van der Waals surface area contributed by atoms with Crippen LogP contribution in [-0.4, -0.2) is 30.8 Å². The molecule has 2 heterocycles. The number of fused-ring (bicyclic) bond motifs is 3. The summed E-state index contributed by atoms with van der Waals surface area (Å²) < 4.78 is 43.6. The van der Waals surface area contributed by atoms with Crippen LogP contribution in [0.5, 0.6) is 0 Å². The van der Waals surface area contributed by atoms with E-state index in [4.69, 9.17) is 4.74 Å². The van der Waals surface area contributed by atoms with Gasteiger partial charge in [0.15, 0.2) is 5.70 Å². The average molecular weight is 422 g/mol. The predicted octanol–water partition coefficient (Wildman–Crippen LogP) is 2.57. The molecule has 2 aromatic carbocycles. The van der Waals surface area contributed by atoms with Gasteiger partial charge < -0.3 is 20.6 Å². The van der Waals surface area contributed by atoms with Gasteiger partial charge in [-0.25, -0.2) is 0 Å². The molecule has 0 spiro atoms. The van der Waals surface area contributed by atoms with Crippen molar-refractivity contribution in [3.8, 4) is 0 Å². The van der Waals surface area contributed by atoms with Gasteiger partial charge in [-0.15, -0.1) is 10.5 Å². The molecule has 0 saturated carbocycles. The lowest BCUT2D eigenvalue weighted by molar-refractivity contribution is -0.661. The Morgan fingerprint density at radius 2 is 1.77 bits per heavy atom. The number of ether oxygens (including phenoxy) is 1. The summed E-state index contributed by atoms with van der Waals surface area (Å²) >= 11 is 0. The highest BCUT2D eigenvalue weighted by Crippen LogP contribution is 2.36. The number of aliphatic hydroxyl groups is 1. The van der Waals surface area contributed by atoms with Crippen LogP contribution in [0.1, 0.15) is 11.1 Å². The highest BCUT2D eigenvalue weighted by Gasteiger charge is 2.39. The minimum atomic E-state index is -4.41. The molecular weight excluding hydrogens is 401 g/mol. The standard InChI is InChI=1S/C20H19F3N4O2.H2O/c1-29-11-10-24-16-12-18-19(28)26(14-8-6-13(7-9-14)20(21,22)23)25-27(18)17-5-3-2-4-15(16)17;/h2-9,12,24-25,28H,10-11H2,1H3;1H2. The Hall–Kier alpha value is -3.21. The molecule has 0 fully saturated rings. The number of alkyl halides is 3. The van der Waals surface area contributed by atoms with Crippen molar-refractivity contribution >= 4 is 17.1 Å². The van der Waals surface area contributed by atoms with Crippen molar-refractivity contribution < 1.29 is 34.0 Å². The van der Waals surface area contributed by atoms with Gasteiger partial charge >= 0.3 is 6.18 Å². The zero-order valence-corrected chi connectivity index (χ0v) is 16.0. The molecule has 7 nitrogen and oxygen atoms in total. The van der Waals surface area contributed by atoms with Crippen LogP contribution in [-0.2, 0) is 10.9 Å². The summed E-state index contributed by atoms with van der Waals surface area (Å²) in [7, 11) is 1.62. The van der Waals surface area contributed by atoms with E-state index < -0.39 is 11.7 Å². The maximum atomic E-state index is 12.8. The number of hydrogen-bond acceptors (Lipinski definition) is 6. The molecule has 2 aromatic rings. The number of allylic oxidation sites excluding steroid dienone is 1. The molecule has 0 aliphatic carbocycles. The number of nitrogens with zero attached hydrogens (tertiary/aromatic N) is 2. The van der Waals surface area contributed by atoms with E-state index in [-0.39, 0.29) is 11.4 Å². The molecule has 0 radical (unpaired) electrons. The molecule has 2 aliphatic heterocycles. The first kappa shape index (κ1) is 21.5. The smallest absolute Gasteiger partial charge is 0.416 e. The van der Waals surface area contributed by atoms with Crippen LogP contribution in [0.3, 0.4) is 0 Å². The topological polar surface area (TPSA) is 94.6 Å². The van der Waals surface area contributed by atoms with Gasteiger partial charge in [0.25, 0.3) is 5.88 Å². The fraction of sp³-hybridized carbons (Fsp3) is 0.200. The van der Waals surface area contributed by atoms with E-state index in [9.17, 15) is 18.3 Å². The van der Waals surface area contributed by atoms with Crippen LogP contribution >= 0.6 is 0 Å². The van der Waals surface area contributed by atoms with E-state index in [1.165, 1.54) is 17.1 Å². The summed E-state index contributed by atoms with van der Waals surface area (Å²) in [5, 5.41) is 17.4. The number of anilines is 2. The number of nitrogens with one attached hydrogen (secondary N) is 1. The molecule has 0 bridgehead atoms. The van der Waals surface area contributed by atoms with Gasteiger partial charge in [0.05, 0.1) is 12.2 Å². The number of rotatable bonds is 5. The van der Waals surface area contributed by atoms with Gasteiger partial charge in [-0.2, -0.15) is 18.2 Å². The highest BCUT2D eigenvalue weighted by atomic mass is 19.4. The summed E-state index contributed by atoms with van der Waals surface area (Å²) in [5.74, 6) is -0.0645. The number of benzene rings is 2. The molecular formula is C20H21F3N4O3. The van der Waals surface area contributed by atoms with Crippen molar-refractivity contribution in [2.45, 2.75) is 6.18 Å². The van der Waals surface area contributed by atoms with Crippen LogP contribution in [0, 0.1) is 0 Å². The van der Waals surface area contributed by atoms with E-state index >= 15 is 0 Å². The van der Waals surface area contributed by atoms with Crippen molar-refractivity contribution in [1.29, 1.82) is 0 Å². The van der Waals surface area contributed by atoms with Crippen LogP contribution in [0.4, 0.5) is 24.5 Å². The quantitative estimate of drug-likeness (QED) is 0.507. The first-order valence-corrected chi connectivity index (χ1v) is 8.98. The van der Waals surface area contributed by atoms with Gasteiger partial charge in [-0.1, -0.05) is 18.2 Å². The maximum absolute atomic E-state index is 12.8. The lowest BCUT2D eigenvalue weighted by Gasteiger charge is -2.26. The molecule has 0 unspecified atom stereocenters. The third-order valence-corrected chi connectivity index (χ3v) is 4.78. The first-order chi connectivity index (χ1) is 13.9. The molecule has 30 heavy (non-hydrogen) atoms. The molecule has 0 saturated heterocycles.